The van der Waals surface area contributed by atoms with Gasteiger partial charge in [-0.15, -0.1) is 0 Å². The molecular formula is C14H16ClN3O3S2. The number of rotatable bonds is 3. The molecule has 1 N–H and O–H groups in total. The molecule has 0 spiro atoms. The third-order valence-electron chi connectivity index (χ3n) is 3.74. The highest BCUT2D eigenvalue weighted by Crippen LogP contribution is 2.27. The summed E-state index contributed by atoms with van der Waals surface area (Å²) in [6, 6.07) is 5.29. The lowest BCUT2D eigenvalue weighted by atomic mass is 10.2. The fourth-order valence-corrected chi connectivity index (χ4v) is 5.14. The van der Waals surface area contributed by atoms with E-state index in [4.69, 9.17) is 11.6 Å². The number of hydrogen-bond acceptors (Lipinski definition) is 5. The van der Waals surface area contributed by atoms with Crippen molar-refractivity contribution in [1.29, 1.82) is 0 Å². The number of aliphatic imine (C=N–C) groups is 1. The minimum Gasteiger partial charge on any atom is -0.304 e. The van der Waals surface area contributed by atoms with Gasteiger partial charge in [0.1, 0.15) is 6.04 Å². The van der Waals surface area contributed by atoms with Gasteiger partial charge in [0, 0.05) is 17.3 Å². The van der Waals surface area contributed by atoms with Crippen molar-refractivity contribution >= 4 is 44.5 Å². The first-order valence-corrected chi connectivity index (χ1v) is 10.0. The van der Waals surface area contributed by atoms with Crippen molar-refractivity contribution in [2.45, 2.75) is 23.8 Å². The number of nitrogens with one attached hydrogen (secondary N) is 1. The summed E-state index contributed by atoms with van der Waals surface area (Å²) in [5.41, 5.74) is 0. The summed E-state index contributed by atoms with van der Waals surface area (Å²) in [4.78, 5) is 16.7. The molecule has 1 amide bonds. The zero-order valence-corrected chi connectivity index (χ0v) is 14.6. The van der Waals surface area contributed by atoms with Crippen LogP contribution in [0.2, 0.25) is 5.02 Å². The molecular weight excluding hydrogens is 358 g/mol. The van der Waals surface area contributed by atoms with Crippen LogP contribution in [0, 0.1) is 0 Å². The first-order valence-electron chi connectivity index (χ1n) is 7.24. The van der Waals surface area contributed by atoms with Crippen LogP contribution in [-0.4, -0.2) is 48.7 Å². The summed E-state index contributed by atoms with van der Waals surface area (Å²) in [5, 5.41) is 3.77. The highest BCUT2D eigenvalue weighted by Gasteiger charge is 2.39. The second kappa shape index (κ2) is 6.80. The van der Waals surface area contributed by atoms with Crippen molar-refractivity contribution in [2.75, 3.05) is 18.8 Å². The number of amides is 1. The van der Waals surface area contributed by atoms with Crippen molar-refractivity contribution in [3.05, 3.63) is 29.3 Å². The van der Waals surface area contributed by atoms with Gasteiger partial charge in [0.25, 0.3) is 0 Å². The van der Waals surface area contributed by atoms with Crippen LogP contribution in [0.4, 0.5) is 0 Å². The maximum Gasteiger partial charge on any atom is 0.244 e. The predicted octanol–water partition coefficient (Wildman–Crippen LogP) is 1.71. The minimum absolute atomic E-state index is 0.147. The van der Waals surface area contributed by atoms with E-state index in [0.717, 1.165) is 5.75 Å². The zero-order valence-electron chi connectivity index (χ0n) is 12.2. The highest BCUT2D eigenvalue weighted by atomic mass is 35.5. The van der Waals surface area contributed by atoms with Crippen molar-refractivity contribution in [2.24, 2.45) is 4.99 Å². The molecule has 1 fully saturated rings. The minimum atomic E-state index is -3.72. The molecule has 3 rings (SSSR count). The Balaban J connectivity index is 1.80. The molecule has 0 unspecified atom stereocenters. The van der Waals surface area contributed by atoms with E-state index in [1.54, 1.807) is 0 Å². The number of hydrogen-bond donors (Lipinski definition) is 1. The normalized spacial score (nSPS) is 22.1. The first-order chi connectivity index (χ1) is 11.0. The SMILES string of the molecule is O=C(NC1=NCCS1)[C@H]1CCCN1S(=O)(=O)c1ccc(Cl)cc1. The van der Waals surface area contributed by atoms with Gasteiger partial charge in [-0.3, -0.25) is 9.79 Å². The van der Waals surface area contributed by atoms with E-state index in [2.05, 4.69) is 10.3 Å². The van der Waals surface area contributed by atoms with Gasteiger partial charge in [0.2, 0.25) is 15.9 Å². The van der Waals surface area contributed by atoms with Gasteiger partial charge in [-0.2, -0.15) is 4.31 Å². The number of sulfonamides is 1. The van der Waals surface area contributed by atoms with Crippen LogP contribution < -0.4 is 5.32 Å². The predicted molar refractivity (Wildman–Crippen MR) is 91.3 cm³/mol. The van der Waals surface area contributed by atoms with Crippen LogP contribution in [-0.2, 0) is 14.8 Å². The molecule has 0 saturated carbocycles. The van der Waals surface area contributed by atoms with Crippen LogP contribution in [0.3, 0.4) is 0 Å². The number of carbonyl (C=O) groups is 1. The second-order valence-corrected chi connectivity index (χ2v) is 8.66. The summed E-state index contributed by atoms with van der Waals surface area (Å²) in [6.45, 7) is 1.01. The van der Waals surface area contributed by atoms with Crippen LogP contribution in [0.5, 0.6) is 0 Å². The summed E-state index contributed by atoms with van der Waals surface area (Å²) in [7, 11) is -3.72. The van der Waals surface area contributed by atoms with Gasteiger partial charge in [0.05, 0.1) is 11.4 Å². The Kier molecular flexibility index (Phi) is 4.96. The standard InChI is InChI=1S/C14H16ClN3O3S2/c15-10-3-5-11(6-4-10)23(20,21)18-8-1-2-12(18)13(19)17-14-16-7-9-22-14/h3-6,12H,1-2,7-9H2,(H,16,17,19)/t12-/m1/s1. The Labute approximate surface area is 144 Å². The molecule has 1 atom stereocenters. The molecule has 124 valence electrons. The first kappa shape index (κ1) is 16.8. The number of halogens is 1. The Hall–Kier alpha value is -1.09. The molecule has 0 bridgehead atoms. The lowest BCUT2D eigenvalue weighted by Crippen LogP contribution is -2.46. The van der Waals surface area contributed by atoms with Gasteiger partial charge in [-0.1, -0.05) is 23.4 Å². The monoisotopic (exact) mass is 373 g/mol. The van der Waals surface area contributed by atoms with Gasteiger partial charge in [-0.05, 0) is 37.1 Å². The molecule has 0 aromatic heterocycles. The Morgan fingerprint density at radius 2 is 2.09 bits per heavy atom. The van der Waals surface area contributed by atoms with Crippen molar-refractivity contribution in [3.63, 3.8) is 0 Å². The van der Waals surface area contributed by atoms with E-state index in [0.29, 0.717) is 36.1 Å². The maximum atomic E-state index is 12.8. The number of nitrogens with zero attached hydrogens (tertiary/aromatic N) is 2. The van der Waals surface area contributed by atoms with Gasteiger partial charge in [0.15, 0.2) is 5.17 Å². The molecule has 2 aliphatic rings. The van der Waals surface area contributed by atoms with Crippen LogP contribution >= 0.6 is 23.4 Å². The number of carbonyl (C=O) groups excluding carboxylic acids is 1. The largest absolute Gasteiger partial charge is 0.304 e. The molecule has 0 aliphatic carbocycles. The number of amidine groups is 1. The topological polar surface area (TPSA) is 78.8 Å². The van der Waals surface area contributed by atoms with E-state index < -0.39 is 16.1 Å². The summed E-state index contributed by atoms with van der Waals surface area (Å²) in [5.74, 6) is 0.528. The van der Waals surface area contributed by atoms with Crippen molar-refractivity contribution < 1.29 is 13.2 Å². The molecule has 1 aromatic rings. The van der Waals surface area contributed by atoms with Crippen molar-refractivity contribution in [1.82, 2.24) is 9.62 Å². The van der Waals surface area contributed by atoms with E-state index in [-0.39, 0.29) is 10.8 Å². The average molecular weight is 374 g/mol. The molecule has 2 heterocycles. The van der Waals surface area contributed by atoms with E-state index >= 15 is 0 Å². The van der Waals surface area contributed by atoms with Crippen LogP contribution in [0.15, 0.2) is 34.2 Å². The zero-order chi connectivity index (χ0) is 16.4. The Morgan fingerprint density at radius 1 is 1.35 bits per heavy atom. The van der Waals surface area contributed by atoms with E-state index in [1.807, 2.05) is 0 Å². The third-order valence-corrected chi connectivity index (χ3v) is 6.81. The van der Waals surface area contributed by atoms with E-state index in [1.165, 1.54) is 40.3 Å². The highest BCUT2D eigenvalue weighted by molar-refractivity contribution is 8.14. The molecule has 0 radical (unpaired) electrons. The van der Waals surface area contributed by atoms with Crippen LogP contribution in [0.1, 0.15) is 12.8 Å². The molecule has 1 aromatic carbocycles. The smallest absolute Gasteiger partial charge is 0.244 e. The summed E-state index contributed by atoms with van der Waals surface area (Å²) in [6.07, 6.45) is 1.17. The molecule has 6 nitrogen and oxygen atoms in total. The Bertz CT molecular complexity index is 734. The quantitative estimate of drug-likeness (QED) is 0.874. The molecule has 23 heavy (non-hydrogen) atoms. The van der Waals surface area contributed by atoms with Gasteiger partial charge >= 0.3 is 0 Å². The number of thioether (sulfide) groups is 1. The molecule has 2 aliphatic heterocycles. The summed E-state index contributed by atoms with van der Waals surface area (Å²) >= 11 is 7.28. The summed E-state index contributed by atoms with van der Waals surface area (Å²) < 4.78 is 26.8. The van der Waals surface area contributed by atoms with Gasteiger partial charge < -0.3 is 5.32 Å². The molecule has 9 heteroatoms. The Morgan fingerprint density at radius 3 is 2.74 bits per heavy atom. The number of benzene rings is 1. The fraction of sp³-hybridized carbons (Fsp3) is 0.429. The maximum absolute atomic E-state index is 12.8. The molecule has 1 saturated heterocycles. The average Bonchev–Trinajstić information content (AvgIpc) is 3.19. The van der Waals surface area contributed by atoms with Crippen LogP contribution in [0.25, 0.3) is 0 Å². The lowest BCUT2D eigenvalue weighted by molar-refractivity contribution is -0.122. The van der Waals surface area contributed by atoms with E-state index in [9.17, 15) is 13.2 Å². The van der Waals surface area contributed by atoms with Crippen molar-refractivity contribution in [3.8, 4) is 0 Å². The second-order valence-electron chi connectivity index (χ2n) is 5.25. The third kappa shape index (κ3) is 3.55. The fourth-order valence-electron chi connectivity index (χ4n) is 2.63. The lowest BCUT2D eigenvalue weighted by Gasteiger charge is -2.23. The van der Waals surface area contributed by atoms with Gasteiger partial charge in [-0.25, -0.2) is 8.42 Å².